The van der Waals surface area contributed by atoms with Gasteiger partial charge in [-0.2, -0.15) is 0 Å². The van der Waals surface area contributed by atoms with Crippen molar-refractivity contribution >= 4 is 5.91 Å². The van der Waals surface area contributed by atoms with E-state index in [9.17, 15) is 4.79 Å². The normalized spacial score (nSPS) is 41.3. The molecule has 1 rings (SSSR count). The van der Waals surface area contributed by atoms with Gasteiger partial charge in [-0.3, -0.25) is 4.79 Å². The number of nitrogens with one attached hydrogen (secondary N) is 1. The molecular formula is C9H17NO2. The van der Waals surface area contributed by atoms with Crippen molar-refractivity contribution in [1.29, 1.82) is 0 Å². The maximum absolute atomic E-state index is 11.4. The summed E-state index contributed by atoms with van der Waals surface area (Å²) in [5.41, 5.74) is 0. The number of rotatable bonds is 1. The van der Waals surface area contributed by atoms with Crippen molar-refractivity contribution in [1.82, 2.24) is 5.32 Å². The molecule has 0 aromatic heterocycles. The van der Waals surface area contributed by atoms with E-state index in [2.05, 4.69) is 12.2 Å². The molecule has 4 unspecified atom stereocenters. The third kappa shape index (κ3) is 1.46. The highest BCUT2D eigenvalue weighted by atomic mass is 16.5. The fourth-order valence-electron chi connectivity index (χ4n) is 1.89. The van der Waals surface area contributed by atoms with Crippen LogP contribution >= 0.6 is 0 Å². The molecule has 0 bridgehead atoms. The highest BCUT2D eigenvalue weighted by Gasteiger charge is 2.40. The van der Waals surface area contributed by atoms with Gasteiger partial charge < -0.3 is 10.1 Å². The van der Waals surface area contributed by atoms with Crippen LogP contribution in [-0.4, -0.2) is 25.2 Å². The van der Waals surface area contributed by atoms with Crippen LogP contribution in [0.15, 0.2) is 0 Å². The van der Waals surface area contributed by atoms with Crippen LogP contribution in [0.5, 0.6) is 0 Å². The molecule has 1 amide bonds. The van der Waals surface area contributed by atoms with Crippen LogP contribution in [0.3, 0.4) is 0 Å². The van der Waals surface area contributed by atoms with Crippen molar-refractivity contribution in [2.45, 2.75) is 33.0 Å². The average Bonchev–Trinajstić information content (AvgIpc) is 2.26. The van der Waals surface area contributed by atoms with Crippen LogP contribution < -0.4 is 5.32 Å². The van der Waals surface area contributed by atoms with Gasteiger partial charge in [0.1, 0.15) is 0 Å². The Hall–Kier alpha value is -0.570. The van der Waals surface area contributed by atoms with Crippen molar-refractivity contribution in [2.75, 3.05) is 7.05 Å². The largest absolute Gasteiger partial charge is 0.374 e. The summed E-state index contributed by atoms with van der Waals surface area (Å²) < 4.78 is 5.55. The molecule has 1 aliphatic rings. The molecule has 0 aromatic carbocycles. The van der Waals surface area contributed by atoms with Gasteiger partial charge in [0.15, 0.2) is 0 Å². The first-order chi connectivity index (χ1) is 5.57. The van der Waals surface area contributed by atoms with Crippen LogP contribution in [0.4, 0.5) is 0 Å². The SMILES string of the molecule is CNC(=O)C1C(C)OC(C)C1C. The molecule has 0 saturated carbocycles. The number of ether oxygens (including phenoxy) is 1. The van der Waals surface area contributed by atoms with E-state index in [0.29, 0.717) is 5.92 Å². The van der Waals surface area contributed by atoms with Crippen LogP contribution in [0.2, 0.25) is 0 Å². The second-order valence-corrected chi connectivity index (χ2v) is 3.55. The van der Waals surface area contributed by atoms with Gasteiger partial charge in [-0.15, -0.1) is 0 Å². The first kappa shape index (κ1) is 9.52. The molecule has 0 spiro atoms. The van der Waals surface area contributed by atoms with Gasteiger partial charge in [0.2, 0.25) is 5.91 Å². The first-order valence-corrected chi connectivity index (χ1v) is 4.45. The molecule has 70 valence electrons. The average molecular weight is 171 g/mol. The molecule has 1 saturated heterocycles. The molecule has 1 fully saturated rings. The first-order valence-electron chi connectivity index (χ1n) is 4.45. The zero-order valence-electron chi connectivity index (χ0n) is 8.13. The lowest BCUT2D eigenvalue weighted by Gasteiger charge is -2.15. The minimum absolute atomic E-state index is 0.0185. The summed E-state index contributed by atoms with van der Waals surface area (Å²) in [7, 11) is 1.67. The second kappa shape index (κ2) is 3.44. The zero-order chi connectivity index (χ0) is 9.30. The minimum atomic E-state index is 0.0185. The number of amides is 1. The topological polar surface area (TPSA) is 38.3 Å². The summed E-state index contributed by atoms with van der Waals surface area (Å²) in [6.07, 6.45) is 0.247. The maximum Gasteiger partial charge on any atom is 0.225 e. The number of hydrogen-bond acceptors (Lipinski definition) is 2. The van der Waals surface area contributed by atoms with Gasteiger partial charge in [-0.05, 0) is 19.8 Å². The molecule has 12 heavy (non-hydrogen) atoms. The molecule has 4 atom stereocenters. The van der Waals surface area contributed by atoms with Crippen LogP contribution in [-0.2, 0) is 9.53 Å². The van der Waals surface area contributed by atoms with E-state index in [1.165, 1.54) is 0 Å². The Morgan fingerprint density at radius 3 is 2.17 bits per heavy atom. The fourth-order valence-corrected chi connectivity index (χ4v) is 1.89. The van der Waals surface area contributed by atoms with Crippen LogP contribution in [0.25, 0.3) is 0 Å². The lowest BCUT2D eigenvalue weighted by molar-refractivity contribution is -0.126. The Morgan fingerprint density at radius 2 is 1.83 bits per heavy atom. The Labute approximate surface area is 73.5 Å². The van der Waals surface area contributed by atoms with Crippen molar-refractivity contribution in [2.24, 2.45) is 11.8 Å². The fraction of sp³-hybridized carbons (Fsp3) is 0.889. The van der Waals surface area contributed by atoms with Gasteiger partial charge >= 0.3 is 0 Å². The van der Waals surface area contributed by atoms with Gasteiger partial charge in [0.25, 0.3) is 0 Å². The predicted molar refractivity (Wildman–Crippen MR) is 46.7 cm³/mol. The minimum Gasteiger partial charge on any atom is -0.374 e. The van der Waals surface area contributed by atoms with E-state index < -0.39 is 0 Å². The standard InChI is InChI=1S/C9H17NO2/c1-5-6(2)12-7(3)8(5)9(11)10-4/h5-8H,1-4H3,(H,10,11). The number of hydrogen-bond donors (Lipinski definition) is 1. The van der Waals surface area contributed by atoms with E-state index in [4.69, 9.17) is 4.74 Å². The van der Waals surface area contributed by atoms with Gasteiger partial charge in [0.05, 0.1) is 18.1 Å². The molecule has 1 N–H and O–H groups in total. The molecule has 1 heterocycles. The lowest BCUT2D eigenvalue weighted by Crippen LogP contribution is -2.35. The Morgan fingerprint density at radius 1 is 1.25 bits per heavy atom. The lowest BCUT2D eigenvalue weighted by atomic mass is 9.89. The third-order valence-corrected chi connectivity index (χ3v) is 2.79. The van der Waals surface area contributed by atoms with Crippen molar-refractivity contribution in [3.8, 4) is 0 Å². The summed E-state index contributed by atoms with van der Waals surface area (Å²) in [4.78, 5) is 11.4. The summed E-state index contributed by atoms with van der Waals surface area (Å²) >= 11 is 0. The van der Waals surface area contributed by atoms with E-state index in [-0.39, 0.29) is 24.0 Å². The molecule has 0 radical (unpaired) electrons. The molecule has 3 nitrogen and oxygen atoms in total. The zero-order valence-corrected chi connectivity index (χ0v) is 8.13. The summed E-state index contributed by atoms with van der Waals surface area (Å²) in [5.74, 6) is 0.435. The Kier molecular flexibility index (Phi) is 2.73. The monoisotopic (exact) mass is 171 g/mol. The highest BCUT2D eigenvalue weighted by molar-refractivity contribution is 5.79. The summed E-state index contributed by atoms with van der Waals surface area (Å²) in [6.45, 7) is 6.04. The van der Waals surface area contributed by atoms with Crippen LogP contribution in [0.1, 0.15) is 20.8 Å². The smallest absolute Gasteiger partial charge is 0.225 e. The number of carbonyl (C=O) groups is 1. The molecular weight excluding hydrogens is 154 g/mol. The second-order valence-electron chi connectivity index (χ2n) is 3.55. The van der Waals surface area contributed by atoms with E-state index in [1.54, 1.807) is 7.05 Å². The Bertz CT molecular complexity index is 181. The van der Waals surface area contributed by atoms with Crippen molar-refractivity contribution in [3.63, 3.8) is 0 Å². The highest BCUT2D eigenvalue weighted by Crippen LogP contribution is 2.31. The summed E-state index contributed by atoms with van der Waals surface area (Å²) in [5, 5.41) is 2.67. The maximum atomic E-state index is 11.4. The summed E-state index contributed by atoms with van der Waals surface area (Å²) in [6, 6.07) is 0. The van der Waals surface area contributed by atoms with E-state index in [1.807, 2.05) is 13.8 Å². The quantitative estimate of drug-likeness (QED) is 0.633. The molecule has 3 heteroatoms. The van der Waals surface area contributed by atoms with Gasteiger partial charge in [-0.25, -0.2) is 0 Å². The third-order valence-electron chi connectivity index (χ3n) is 2.79. The van der Waals surface area contributed by atoms with Gasteiger partial charge in [0, 0.05) is 7.05 Å². The van der Waals surface area contributed by atoms with Crippen LogP contribution in [0, 0.1) is 11.8 Å². The number of carbonyl (C=O) groups excluding carboxylic acids is 1. The Balaban J connectivity index is 2.69. The van der Waals surface area contributed by atoms with E-state index >= 15 is 0 Å². The predicted octanol–water partition coefficient (Wildman–Crippen LogP) is 0.792. The van der Waals surface area contributed by atoms with E-state index in [0.717, 1.165) is 0 Å². The van der Waals surface area contributed by atoms with Crippen molar-refractivity contribution < 1.29 is 9.53 Å². The van der Waals surface area contributed by atoms with Crippen molar-refractivity contribution in [3.05, 3.63) is 0 Å². The molecule has 1 aliphatic heterocycles. The van der Waals surface area contributed by atoms with Gasteiger partial charge in [-0.1, -0.05) is 6.92 Å². The molecule has 0 aliphatic carbocycles. The molecule has 0 aromatic rings.